The number of nitriles is 1. The van der Waals surface area contributed by atoms with Crippen LogP contribution in [0.3, 0.4) is 0 Å². The van der Waals surface area contributed by atoms with Crippen LogP contribution >= 0.6 is 11.6 Å². The van der Waals surface area contributed by atoms with Crippen LogP contribution in [0.1, 0.15) is 11.1 Å². The van der Waals surface area contributed by atoms with Gasteiger partial charge in [0, 0.05) is 11.8 Å². The molecule has 2 N–H and O–H groups in total. The molecule has 86 valence electrons. The third-order valence-electron chi connectivity index (χ3n) is 2.25. The minimum atomic E-state index is -0.394. The van der Waals surface area contributed by atoms with Gasteiger partial charge in [0.2, 0.25) is 0 Å². The molecule has 0 saturated carbocycles. The lowest BCUT2D eigenvalue weighted by Gasteiger charge is -2.03. The molecule has 0 fully saturated rings. The van der Waals surface area contributed by atoms with Crippen molar-refractivity contribution in [3.8, 4) is 6.07 Å². The molecule has 0 aliphatic rings. The third kappa shape index (κ3) is 2.37. The predicted molar refractivity (Wildman–Crippen MR) is 61.9 cm³/mol. The van der Waals surface area contributed by atoms with Gasteiger partial charge < -0.3 is 5.73 Å². The van der Waals surface area contributed by atoms with Crippen molar-refractivity contribution in [3.63, 3.8) is 0 Å². The summed E-state index contributed by atoms with van der Waals surface area (Å²) < 4.78 is 14.9. The van der Waals surface area contributed by atoms with Crippen LogP contribution < -0.4 is 5.73 Å². The van der Waals surface area contributed by atoms with E-state index in [-0.39, 0.29) is 12.4 Å². The second-order valence-electron chi connectivity index (χ2n) is 3.48. The Bertz CT molecular complexity index is 581. The quantitative estimate of drug-likeness (QED) is 0.888. The Balaban J connectivity index is 2.32. The molecule has 6 heteroatoms. The maximum absolute atomic E-state index is 13.5. The van der Waals surface area contributed by atoms with Gasteiger partial charge >= 0.3 is 0 Å². The van der Waals surface area contributed by atoms with Crippen molar-refractivity contribution in [1.29, 1.82) is 5.26 Å². The van der Waals surface area contributed by atoms with Crippen LogP contribution in [0.4, 0.5) is 10.2 Å². The first kappa shape index (κ1) is 11.4. The van der Waals surface area contributed by atoms with Crippen LogP contribution in [0.2, 0.25) is 5.02 Å². The molecular weight excluding hydrogens is 243 g/mol. The number of benzene rings is 1. The highest BCUT2D eigenvalue weighted by atomic mass is 35.5. The molecule has 0 saturated heterocycles. The van der Waals surface area contributed by atoms with Crippen molar-refractivity contribution in [2.75, 3.05) is 5.73 Å². The van der Waals surface area contributed by atoms with Crippen LogP contribution in [0.5, 0.6) is 0 Å². The maximum Gasteiger partial charge on any atom is 0.164 e. The van der Waals surface area contributed by atoms with Crippen molar-refractivity contribution in [1.82, 2.24) is 9.78 Å². The standard InChI is InChI=1S/C11H8ClFN4/c12-9-6-17(16-11(9)15)5-8-3-7(4-14)1-2-10(8)13/h1-3,6H,5H2,(H2,15,16). The zero-order chi connectivity index (χ0) is 12.4. The molecule has 0 radical (unpaired) electrons. The highest BCUT2D eigenvalue weighted by molar-refractivity contribution is 6.32. The van der Waals surface area contributed by atoms with E-state index in [1.807, 2.05) is 6.07 Å². The first-order valence-electron chi connectivity index (χ1n) is 4.77. The molecule has 2 aromatic rings. The number of hydrogen-bond donors (Lipinski definition) is 1. The minimum absolute atomic E-state index is 0.179. The van der Waals surface area contributed by atoms with Gasteiger partial charge in [-0.15, -0.1) is 0 Å². The van der Waals surface area contributed by atoms with Gasteiger partial charge in [0.15, 0.2) is 5.82 Å². The van der Waals surface area contributed by atoms with Gasteiger partial charge in [-0.1, -0.05) is 11.6 Å². The lowest BCUT2D eigenvalue weighted by atomic mass is 10.1. The third-order valence-corrected chi connectivity index (χ3v) is 2.54. The molecule has 0 aliphatic carbocycles. The highest BCUT2D eigenvalue weighted by Gasteiger charge is 2.07. The van der Waals surface area contributed by atoms with Crippen molar-refractivity contribution >= 4 is 17.4 Å². The molecule has 0 amide bonds. The van der Waals surface area contributed by atoms with E-state index in [9.17, 15) is 4.39 Å². The van der Waals surface area contributed by atoms with Gasteiger partial charge in [0.05, 0.1) is 18.2 Å². The zero-order valence-corrected chi connectivity index (χ0v) is 9.45. The summed E-state index contributed by atoms with van der Waals surface area (Å²) in [5.74, 6) is -0.197. The van der Waals surface area contributed by atoms with E-state index >= 15 is 0 Å². The van der Waals surface area contributed by atoms with E-state index in [2.05, 4.69) is 5.10 Å². The lowest BCUT2D eigenvalue weighted by Crippen LogP contribution is -2.03. The Morgan fingerprint density at radius 2 is 2.29 bits per heavy atom. The zero-order valence-electron chi connectivity index (χ0n) is 8.69. The van der Waals surface area contributed by atoms with E-state index < -0.39 is 5.82 Å². The van der Waals surface area contributed by atoms with E-state index in [1.165, 1.54) is 29.1 Å². The Hall–Kier alpha value is -2.06. The number of nitrogens with zero attached hydrogens (tertiary/aromatic N) is 3. The Morgan fingerprint density at radius 1 is 1.53 bits per heavy atom. The predicted octanol–water partition coefficient (Wildman–Crippen LogP) is 2.18. The van der Waals surface area contributed by atoms with Gasteiger partial charge in [-0.2, -0.15) is 10.4 Å². The SMILES string of the molecule is N#Cc1ccc(F)c(Cn2cc(Cl)c(N)n2)c1. The second kappa shape index (κ2) is 4.44. The van der Waals surface area contributed by atoms with Crippen LogP contribution in [-0.2, 0) is 6.54 Å². The highest BCUT2D eigenvalue weighted by Crippen LogP contribution is 2.17. The molecule has 1 aromatic heterocycles. The van der Waals surface area contributed by atoms with Crippen molar-refractivity contribution < 1.29 is 4.39 Å². The number of rotatable bonds is 2. The number of nitrogens with two attached hydrogens (primary N) is 1. The van der Waals surface area contributed by atoms with E-state index in [4.69, 9.17) is 22.6 Å². The summed E-state index contributed by atoms with van der Waals surface area (Å²) in [5.41, 5.74) is 6.24. The second-order valence-corrected chi connectivity index (χ2v) is 3.89. The lowest BCUT2D eigenvalue weighted by molar-refractivity contribution is 0.585. The molecule has 17 heavy (non-hydrogen) atoms. The number of nitrogen functional groups attached to an aromatic ring is 1. The Morgan fingerprint density at radius 3 is 2.88 bits per heavy atom. The van der Waals surface area contributed by atoms with E-state index in [1.54, 1.807) is 0 Å². The Labute approximate surface area is 102 Å². The first-order chi connectivity index (χ1) is 8.10. The topological polar surface area (TPSA) is 67.6 Å². The molecule has 4 nitrogen and oxygen atoms in total. The van der Waals surface area contributed by atoms with Crippen molar-refractivity contribution in [3.05, 3.63) is 46.4 Å². The molecule has 1 heterocycles. The van der Waals surface area contributed by atoms with E-state index in [0.717, 1.165) is 0 Å². The normalized spacial score (nSPS) is 10.2. The average Bonchev–Trinajstić information content (AvgIpc) is 2.61. The van der Waals surface area contributed by atoms with Gasteiger partial charge in [-0.3, -0.25) is 4.68 Å². The molecule has 0 atom stereocenters. The van der Waals surface area contributed by atoms with Crippen LogP contribution in [0, 0.1) is 17.1 Å². The fourth-order valence-electron chi connectivity index (χ4n) is 1.43. The molecule has 0 bridgehead atoms. The summed E-state index contributed by atoms with van der Waals surface area (Å²) >= 11 is 5.74. The van der Waals surface area contributed by atoms with Gasteiger partial charge in [0.25, 0.3) is 0 Å². The molecule has 0 aliphatic heterocycles. The summed E-state index contributed by atoms with van der Waals surface area (Å²) in [6.07, 6.45) is 1.51. The maximum atomic E-state index is 13.5. The largest absolute Gasteiger partial charge is 0.381 e. The fraction of sp³-hybridized carbons (Fsp3) is 0.0909. The van der Waals surface area contributed by atoms with Crippen LogP contribution in [0.25, 0.3) is 0 Å². The van der Waals surface area contributed by atoms with Crippen LogP contribution in [-0.4, -0.2) is 9.78 Å². The fourth-order valence-corrected chi connectivity index (χ4v) is 1.58. The molecule has 2 rings (SSSR count). The smallest absolute Gasteiger partial charge is 0.164 e. The summed E-state index contributed by atoms with van der Waals surface area (Å²) in [7, 11) is 0. The number of aromatic nitrogens is 2. The van der Waals surface area contributed by atoms with Gasteiger partial charge in [-0.05, 0) is 18.2 Å². The molecule has 0 spiro atoms. The summed E-state index contributed by atoms with van der Waals surface area (Å²) in [4.78, 5) is 0. The van der Waals surface area contributed by atoms with Crippen molar-refractivity contribution in [2.24, 2.45) is 0 Å². The summed E-state index contributed by atoms with van der Waals surface area (Å²) in [6.45, 7) is 0.179. The minimum Gasteiger partial charge on any atom is -0.381 e. The first-order valence-corrected chi connectivity index (χ1v) is 5.15. The Kier molecular flexibility index (Phi) is 2.98. The van der Waals surface area contributed by atoms with Gasteiger partial charge in [-0.25, -0.2) is 4.39 Å². The van der Waals surface area contributed by atoms with Crippen molar-refractivity contribution in [2.45, 2.75) is 6.54 Å². The monoisotopic (exact) mass is 250 g/mol. The summed E-state index contributed by atoms with van der Waals surface area (Å²) in [5, 5.41) is 13.0. The molecule has 0 unspecified atom stereocenters. The van der Waals surface area contributed by atoms with Gasteiger partial charge in [0.1, 0.15) is 10.8 Å². The summed E-state index contributed by atoms with van der Waals surface area (Å²) in [6, 6.07) is 6.10. The van der Waals surface area contributed by atoms with Crippen LogP contribution in [0.15, 0.2) is 24.4 Å². The molecular formula is C11H8ClFN4. The van der Waals surface area contributed by atoms with E-state index in [0.29, 0.717) is 16.1 Å². The molecule has 1 aromatic carbocycles. The number of hydrogen-bond acceptors (Lipinski definition) is 3. The number of anilines is 1. The average molecular weight is 251 g/mol. The number of halogens is 2.